The van der Waals surface area contributed by atoms with Gasteiger partial charge in [0.1, 0.15) is 4.84 Å². The van der Waals surface area contributed by atoms with Crippen LogP contribution in [0.4, 0.5) is 0 Å². The molecule has 0 saturated heterocycles. The van der Waals surface area contributed by atoms with Crippen LogP contribution in [0.5, 0.6) is 0 Å². The Bertz CT molecular complexity index is 308. The molecule has 0 atom stereocenters. The molecule has 0 unspecified atom stereocenters. The van der Waals surface area contributed by atoms with E-state index in [9.17, 15) is 4.79 Å². The normalized spacial score (nSPS) is 10.7. The first-order chi connectivity index (χ1) is 5.52. The predicted octanol–water partition coefficient (Wildman–Crippen LogP) is 1.59. The summed E-state index contributed by atoms with van der Waals surface area (Å²) >= 11 is 11.0. The number of aromatic carboxylic acids is 1. The lowest BCUT2D eigenvalue weighted by Crippen LogP contribution is -2.01. The lowest BCUT2D eigenvalue weighted by atomic mass is 10.3. The van der Waals surface area contributed by atoms with Crippen molar-refractivity contribution >= 4 is 29.2 Å². The van der Waals surface area contributed by atoms with E-state index < -0.39 is 10.8 Å². The summed E-state index contributed by atoms with van der Waals surface area (Å²) in [5.41, 5.74) is 0.209. The molecule has 12 heavy (non-hydrogen) atoms. The van der Waals surface area contributed by atoms with Gasteiger partial charge in [0.05, 0.1) is 0 Å². The molecule has 66 valence electrons. The highest BCUT2D eigenvalue weighted by molar-refractivity contribution is 6.44. The van der Waals surface area contributed by atoms with Crippen molar-refractivity contribution < 1.29 is 9.90 Å². The lowest BCUT2D eigenvalue weighted by molar-refractivity contribution is 0.0688. The molecule has 0 aromatic carbocycles. The van der Waals surface area contributed by atoms with Gasteiger partial charge in [0.15, 0.2) is 5.69 Å². The average molecular weight is 209 g/mol. The Kier molecular flexibility index (Phi) is 2.59. The van der Waals surface area contributed by atoms with Crippen LogP contribution in [0.3, 0.4) is 0 Å². The van der Waals surface area contributed by atoms with Crippen molar-refractivity contribution in [3.05, 3.63) is 17.5 Å². The first-order valence-electron chi connectivity index (χ1n) is 3.07. The molecule has 1 aromatic heterocycles. The molecule has 0 amide bonds. The highest BCUT2D eigenvalue weighted by atomic mass is 35.5. The van der Waals surface area contributed by atoms with Gasteiger partial charge in [0.2, 0.25) is 0 Å². The zero-order chi connectivity index (χ0) is 9.30. The van der Waals surface area contributed by atoms with Crippen LogP contribution in [-0.4, -0.2) is 20.9 Å². The summed E-state index contributed by atoms with van der Waals surface area (Å²) in [6.45, 7) is 0. The maximum absolute atomic E-state index is 10.5. The van der Waals surface area contributed by atoms with Crippen molar-refractivity contribution in [3.8, 4) is 0 Å². The molecule has 0 bridgehead atoms. The van der Waals surface area contributed by atoms with E-state index in [1.807, 2.05) is 0 Å². The number of carboxylic acids is 1. The van der Waals surface area contributed by atoms with Crippen LogP contribution in [0.2, 0.25) is 0 Å². The number of alkyl halides is 2. The number of aryl methyl sites for hydroxylation is 1. The number of rotatable bonds is 2. The number of hydrogen-bond acceptors (Lipinski definition) is 2. The van der Waals surface area contributed by atoms with Gasteiger partial charge in [0.25, 0.3) is 0 Å². The summed E-state index contributed by atoms with van der Waals surface area (Å²) in [6, 6.07) is 0. The second-order valence-corrected chi connectivity index (χ2v) is 3.31. The van der Waals surface area contributed by atoms with E-state index >= 15 is 0 Å². The molecule has 0 radical (unpaired) electrons. The van der Waals surface area contributed by atoms with Gasteiger partial charge in [-0.3, -0.25) is 4.68 Å². The van der Waals surface area contributed by atoms with E-state index in [1.165, 1.54) is 10.9 Å². The van der Waals surface area contributed by atoms with Crippen LogP contribution >= 0.6 is 23.2 Å². The van der Waals surface area contributed by atoms with Gasteiger partial charge < -0.3 is 5.11 Å². The molecule has 0 spiro atoms. The molecule has 6 heteroatoms. The monoisotopic (exact) mass is 208 g/mol. The number of hydrogen-bond donors (Lipinski definition) is 1. The summed E-state index contributed by atoms with van der Waals surface area (Å²) in [7, 11) is 1.60. The van der Waals surface area contributed by atoms with Gasteiger partial charge in [-0.15, -0.1) is 0 Å². The molecular weight excluding hydrogens is 203 g/mol. The Morgan fingerprint density at radius 3 is 2.67 bits per heavy atom. The van der Waals surface area contributed by atoms with Crippen molar-refractivity contribution in [2.45, 2.75) is 4.84 Å². The Hall–Kier alpha value is -0.740. The van der Waals surface area contributed by atoms with Crippen LogP contribution in [-0.2, 0) is 7.05 Å². The van der Waals surface area contributed by atoms with Crippen molar-refractivity contribution in [1.29, 1.82) is 0 Å². The maximum Gasteiger partial charge on any atom is 0.356 e. The van der Waals surface area contributed by atoms with E-state index in [0.29, 0.717) is 5.56 Å². The highest BCUT2D eigenvalue weighted by Crippen LogP contribution is 2.26. The van der Waals surface area contributed by atoms with Crippen LogP contribution in [0.25, 0.3) is 0 Å². The van der Waals surface area contributed by atoms with Gasteiger partial charge in [-0.25, -0.2) is 4.79 Å². The fourth-order valence-electron chi connectivity index (χ4n) is 0.833. The molecular formula is C6H6Cl2N2O2. The molecule has 0 aliphatic heterocycles. The van der Waals surface area contributed by atoms with Crippen LogP contribution in [0.15, 0.2) is 6.20 Å². The number of carboxylic acid groups (broad SMARTS) is 1. The van der Waals surface area contributed by atoms with Crippen LogP contribution in [0, 0.1) is 0 Å². The highest BCUT2D eigenvalue weighted by Gasteiger charge is 2.19. The Labute approximate surface area is 78.7 Å². The van der Waals surface area contributed by atoms with E-state index in [4.69, 9.17) is 28.3 Å². The predicted molar refractivity (Wildman–Crippen MR) is 44.6 cm³/mol. The van der Waals surface area contributed by atoms with Crippen molar-refractivity contribution in [3.63, 3.8) is 0 Å². The van der Waals surface area contributed by atoms with Crippen LogP contribution in [0.1, 0.15) is 20.9 Å². The van der Waals surface area contributed by atoms with Crippen LogP contribution < -0.4 is 0 Å². The largest absolute Gasteiger partial charge is 0.476 e. The number of halogens is 2. The molecule has 1 N–H and O–H groups in total. The van der Waals surface area contributed by atoms with Gasteiger partial charge >= 0.3 is 5.97 Å². The first kappa shape index (κ1) is 9.35. The van der Waals surface area contributed by atoms with Gasteiger partial charge in [-0.1, -0.05) is 23.2 Å². The quantitative estimate of drug-likeness (QED) is 0.752. The third kappa shape index (κ3) is 1.70. The molecule has 0 saturated carbocycles. The number of carbonyl (C=O) groups is 1. The third-order valence-electron chi connectivity index (χ3n) is 1.29. The first-order valence-corrected chi connectivity index (χ1v) is 3.94. The fourth-order valence-corrected chi connectivity index (χ4v) is 1.15. The van der Waals surface area contributed by atoms with Crippen molar-refractivity contribution in [2.24, 2.45) is 7.05 Å². The molecule has 1 rings (SSSR count). The Morgan fingerprint density at radius 2 is 2.33 bits per heavy atom. The summed E-state index contributed by atoms with van der Waals surface area (Å²) in [5, 5.41) is 12.3. The second kappa shape index (κ2) is 3.33. The number of nitrogens with zero attached hydrogens (tertiary/aromatic N) is 2. The Morgan fingerprint density at radius 1 is 1.75 bits per heavy atom. The van der Waals surface area contributed by atoms with E-state index in [0.717, 1.165) is 0 Å². The summed E-state index contributed by atoms with van der Waals surface area (Å²) in [4.78, 5) is 9.69. The van der Waals surface area contributed by atoms with Gasteiger partial charge in [-0.2, -0.15) is 5.10 Å². The standard InChI is InChI=1S/C6H6Cl2N2O2/c1-10-2-3(5(7)8)4(9-10)6(11)12/h2,5H,1H3,(H,11,12). The summed E-state index contributed by atoms with van der Waals surface area (Å²) < 4.78 is 1.36. The number of aromatic nitrogens is 2. The minimum Gasteiger partial charge on any atom is -0.476 e. The SMILES string of the molecule is Cn1cc(C(Cl)Cl)c(C(=O)O)n1. The maximum atomic E-state index is 10.5. The van der Waals surface area contributed by atoms with Crippen molar-refractivity contribution in [2.75, 3.05) is 0 Å². The molecule has 0 aliphatic carbocycles. The Balaban J connectivity index is 3.17. The fraction of sp³-hybridized carbons (Fsp3) is 0.333. The summed E-state index contributed by atoms with van der Waals surface area (Å²) in [5.74, 6) is -1.13. The van der Waals surface area contributed by atoms with Gasteiger partial charge in [0, 0.05) is 18.8 Å². The lowest BCUT2D eigenvalue weighted by Gasteiger charge is -1.95. The van der Waals surface area contributed by atoms with E-state index in [-0.39, 0.29) is 5.69 Å². The van der Waals surface area contributed by atoms with E-state index in [1.54, 1.807) is 7.05 Å². The topological polar surface area (TPSA) is 55.1 Å². The smallest absolute Gasteiger partial charge is 0.356 e. The molecule has 1 aromatic rings. The van der Waals surface area contributed by atoms with E-state index in [2.05, 4.69) is 5.10 Å². The zero-order valence-corrected chi connectivity index (χ0v) is 7.67. The third-order valence-corrected chi connectivity index (χ3v) is 1.76. The van der Waals surface area contributed by atoms with Gasteiger partial charge in [-0.05, 0) is 0 Å². The minimum absolute atomic E-state index is 0.104. The second-order valence-electron chi connectivity index (χ2n) is 2.21. The zero-order valence-electron chi connectivity index (χ0n) is 6.16. The molecule has 4 nitrogen and oxygen atoms in total. The molecule has 0 fully saturated rings. The molecule has 0 aliphatic rings. The van der Waals surface area contributed by atoms with Crippen molar-refractivity contribution in [1.82, 2.24) is 9.78 Å². The minimum atomic E-state index is -1.13. The average Bonchev–Trinajstić information content (AvgIpc) is 2.31. The molecule has 1 heterocycles. The summed E-state index contributed by atoms with van der Waals surface area (Å²) in [6.07, 6.45) is 1.48.